The number of fused-ring (bicyclic) bond motifs is 5. The predicted molar refractivity (Wildman–Crippen MR) is 82.3 cm³/mol. The third-order valence-corrected chi connectivity index (χ3v) is 6.66. The van der Waals surface area contributed by atoms with Gasteiger partial charge in [0.25, 0.3) is 0 Å². The molecule has 3 nitrogen and oxygen atoms in total. The summed E-state index contributed by atoms with van der Waals surface area (Å²) in [6, 6.07) is 5.96. The third kappa shape index (κ3) is 2.01. The van der Waals surface area contributed by atoms with E-state index in [1.807, 2.05) is 12.1 Å². The zero-order valence-electron chi connectivity index (χ0n) is 12.7. The van der Waals surface area contributed by atoms with Crippen molar-refractivity contribution in [3.05, 3.63) is 29.3 Å². The van der Waals surface area contributed by atoms with E-state index in [9.17, 15) is 10.2 Å². The molecule has 0 heterocycles. The van der Waals surface area contributed by atoms with Crippen LogP contribution >= 0.6 is 0 Å². The lowest BCUT2D eigenvalue weighted by Crippen LogP contribution is -2.43. The van der Waals surface area contributed by atoms with E-state index in [1.54, 1.807) is 0 Å². The average molecular weight is 290 g/mol. The number of aromatic hydroxyl groups is 1. The van der Waals surface area contributed by atoms with Gasteiger partial charge < -0.3 is 15.7 Å². The van der Waals surface area contributed by atoms with Crippen molar-refractivity contribution in [1.29, 1.82) is 0 Å². The number of phenols is 1. The molecule has 0 saturated heterocycles. The Morgan fingerprint density at radius 2 is 1.95 bits per heavy atom. The number of phenolic OH excluding ortho intramolecular Hbond substituents is 1. The SMILES string of the molecule is CC12CCC3c4ccc(O)cc4CCC3C1CCC2O.O. The molecule has 3 heteroatoms. The smallest absolute Gasteiger partial charge is 0.115 e. The second kappa shape index (κ2) is 4.99. The van der Waals surface area contributed by atoms with Crippen LogP contribution in [0.2, 0.25) is 0 Å². The number of aliphatic hydroxyl groups excluding tert-OH is 1. The van der Waals surface area contributed by atoms with Crippen LogP contribution in [-0.4, -0.2) is 21.8 Å². The quantitative estimate of drug-likeness (QED) is 0.771. The van der Waals surface area contributed by atoms with Crippen molar-refractivity contribution < 1.29 is 15.7 Å². The van der Waals surface area contributed by atoms with Crippen LogP contribution in [0.15, 0.2) is 18.2 Å². The molecule has 116 valence electrons. The lowest BCUT2D eigenvalue weighted by molar-refractivity contribution is -0.0226. The summed E-state index contributed by atoms with van der Waals surface area (Å²) in [6.07, 6.45) is 6.78. The molecule has 1 aromatic rings. The van der Waals surface area contributed by atoms with Gasteiger partial charge in [-0.05, 0) is 85.0 Å². The number of benzene rings is 1. The van der Waals surface area contributed by atoms with Crippen LogP contribution < -0.4 is 0 Å². The molecule has 4 N–H and O–H groups in total. The molecule has 2 saturated carbocycles. The topological polar surface area (TPSA) is 72.0 Å². The number of aliphatic hydroxyl groups is 1. The van der Waals surface area contributed by atoms with Gasteiger partial charge in [-0.15, -0.1) is 0 Å². The van der Waals surface area contributed by atoms with Crippen LogP contribution in [0, 0.1) is 17.3 Å². The maximum atomic E-state index is 10.4. The van der Waals surface area contributed by atoms with Gasteiger partial charge >= 0.3 is 0 Å². The van der Waals surface area contributed by atoms with Crippen LogP contribution in [-0.2, 0) is 6.42 Å². The van der Waals surface area contributed by atoms with Crippen LogP contribution in [0.5, 0.6) is 5.75 Å². The number of hydrogen-bond donors (Lipinski definition) is 2. The fourth-order valence-electron chi connectivity index (χ4n) is 5.54. The fourth-order valence-corrected chi connectivity index (χ4v) is 5.54. The molecular weight excluding hydrogens is 264 g/mol. The van der Waals surface area contributed by atoms with Gasteiger partial charge in [-0.3, -0.25) is 0 Å². The first-order valence-electron chi connectivity index (χ1n) is 8.09. The molecule has 0 aliphatic heterocycles. The molecule has 4 rings (SSSR count). The van der Waals surface area contributed by atoms with Crippen molar-refractivity contribution in [2.75, 3.05) is 0 Å². The van der Waals surface area contributed by atoms with E-state index in [-0.39, 0.29) is 17.0 Å². The standard InChI is InChI=1S/C18H24O2.H2O/c1-18-9-8-14-13-5-3-12(19)10-11(13)2-4-15(14)16(18)6-7-17(18)20;/h3,5,10,14-17,19-20H,2,4,6-9H2,1H3;1H2. The Labute approximate surface area is 126 Å². The Balaban J connectivity index is 0.00000132. The van der Waals surface area contributed by atoms with E-state index >= 15 is 0 Å². The summed E-state index contributed by atoms with van der Waals surface area (Å²) in [4.78, 5) is 0. The van der Waals surface area contributed by atoms with Crippen molar-refractivity contribution in [2.45, 2.75) is 57.5 Å². The molecule has 0 amide bonds. The fraction of sp³-hybridized carbons (Fsp3) is 0.667. The molecule has 0 spiro atoms. The number of aryl methyl sites for hydroxylation is 1. The summed E-state index contributed by atoms with van der Waals surface area (Å²) in [5, 5.41) is 20.0. The van der Waals surface area contributed by atoms with E-state index in [0.717, 1.165) is 25.2 Å². The van der Waals surface area contributed by atoms with Crippen LogP contribution in [0.4, 0.5) is 0 Å². The first-order valence-corrected chi connectivity index (χ1v) is 8.09. The lowest BCUT2D eigenvalue weighted by atomic mass is 9.55. The maximum absolute atomic E-state index is 10.4. The molecule has 2 fully saturated rings. The molecule has 5 atom stereocenters. The highest BCUT2D eigenvalue weighted by molar-refractivity contribution is 5.40. The predicted octanol–water partition coefficient (Wildman–Crippen LogP) is 2.78. The summed E-state index contributed by atoms with van der Waals surface area (Å²) in [7, 11) is 0. The molecular formula is C18H26O3. The van der Waals surface area contributed by atoms with E-state index in [4.69, 9.17) is 0 Å². The van der Waals surface area contributed by atoms with Gasteiger partial charge in [0.15, 0.2) is 0 Å². The summed E-state index contributed by atoms with van der Waals surface area (Å²) in [5.41, 5.74) is 2.99. The Hall–Kier alpha value is -1.06. The minimum absolute atomic E-state index is 0. The number of hydrogen-bond acceptors (Lipinski definition) is 2. The molecule has 0 bridgehead atoms. The van der Waals surface area contributed by atoms with E-state index in [0.29, 0.717) is 17.6 Å². The Morgan fingerprint density at radius 1 is 1.14 bits per heavy atom. The van der Waals surface area contributed by atoms with E-state index < -0.39 is 0 Å². The highest BCUT2D eigenvalue weighted by Crippen LogP contribution is 2.60. The third-order valence-electron chi connectivity index (χ3n) is 6.66. The summed E-state index contributed by atoms with van der Waals surface area (Å²) < 4.78 is 0. The van der Waals surface area contributed by atoms with Gasteiger partial charge in [-0.2, -0.15) is 0 Å². The average Bonchev–Trinajstić information content (AvgIpc) is 2.74. The van der Waals surface area contributed by atoms with Crippen LogP contribution in [0.25, 0.3) is 0 Å². The maximum Gasteiger partial charge on any atom is 0.115 e. The van der Waals surface area contributed by atoms with Gasteiger partial charge in [-0.25, -0.2) is 0 Å². The van der Waals surface area contributed by atoms with Crippen molar-refractivity contribution >= 4 is 0 Å². The Bertz CT molecular complexity index is 541. The molecule has 5 unspecified atom stereocenters. The van der Waals surface area contributed by atoms with Gasteiger partial charge in [0, 0.05) is 0 Å². The van der Waals surface area contributed by atoms with Crippen molar-refractivity contribution in [3.8, 4) is 5.75 Å². The van der Waals surface area contributed by atoms with Gasteiger partial charge in [-0.1, -0.05) is 13.0 Å². The normalized spacial score (nSPS) is 40.7. The molecule has 0 aromatic heterocycles. The van der Waals surface area contributed by atoms with Crippen molar-refractivity contribution in [2.24, 2.45) is 17.3 Å². The van der Waals surface area contributed by atoms with Crippen molar-refractivity contribution in [1.82, 2.24) is 0 Å². The highest BCUT2D eigenvalue weighted by Gasteiger charge is 2.54. The van der Waals surface area contributed by atoms with Gasteiger partial charge in [0.2, 0.25) is 0 Å². The monoisotopic (exact) mass is 290 g/mol. The highest BCUT2D eigenvalue weighted by atomic mass is 16.3. The largest absolute Gasteiger partial charge is 0.508 e. The lowest BCUT2D eigenvalue weighted by Gasteiger charge is -2.50. The molecule has 21 heavy (non-hydrogen) atoms. The first kappa shape index (κ1) is 14.9. The minimum Gasteiger partial charge on any atom is -0.508 e. The minimum atomic E-state index is -0.0883. The number of rotatable bonds is 0. The van der Waals surface area contributed by atoms with E-state index in [1.165, 1.54) is 30.4 Å². The van der Waals surface area contributed by atoms with Crippen LogP contribution in [0.1, 0.15) is 56.1 Å². The van der Waals surface area contributed by atoms with Crippen molar-refractivity contribution in [3.63, 3.8) is 0 Å². The second-order valence-electron chi connectivity index (χ2n) is 7.44. The second-order valence-corrected chi connectivity index (χ2v) is 7.44. The van der Waals surface area contributed by atoms with Gasteiger partial charge in [0.1, 0.15) is 5.75 Å². The summed E-state index contributed by atoms with van der Waals surface area (Å²) in [5.74, 6) is 2.49. The zero-order valence-corrected chi connectivity index (χ0v) is 12.7. The van der Waals surface area contributed by atoms with Crippen LogP contribution in [0.3, 0.4) is 0 Å². The zero-order chi connectivity index (χ0) is 13.9. The summed E-state index contributed by atoms with van der Waals surface area (Å²) in [6.45, 7) is 2.32. The van der Waals surface area contributed by atoms with E-state index in [2.05, 4.69) is 13.0 Å². The molecule has 3 aliphatic carbocycles. The Morgan fingerprint density at radius 3 is 2.76 bits per heavy atom. The van der Waals surface area contributed by atoms with Gasteiger partial charge in [0.05, 0.1) is 6.10 Å². The molecule has 0 radical (unpaired) electrons. The first-order chi connectivity index (χ1) is 9.59. The molecule has 3 aliphatic rings. The Kier molecular flexibility index (Phi) is 3.53. The summed E-state index contributed by atoms with van der Waals surface area (Å²) >= 11 is 0. The molecule has 1 aromatic carbocycles.